The minimum absolute atomic E-state index is 0.0190. The van der Waals surface area contributed by atoms with Gasteiger partial charge in [-0.2, -0.15) is 0 Å². The number of carbonyl (C=O) groups is 1. The summed E-state index contributed by atoms with van der Waals surface area (Å²) in [6.07, 6.45) is 4.07. The number of para-hydroxylation sites is 1. The Hall–Kier alpha value is -2.01. The molecule has 2 rings (SSSR count). The Labute approximate surface area is 118 Å². The summed E-state index contributed by atoms with van der Waals surface area (Å²) in [6, 6.07) is 5.39. The molecule has 1 atom stereocenters. The number of fused-ring (bicyclic) bond motifs is 1. The molecule has 1 aromatic heterocycles. The molecule has 5 nitrogen and oxygen atoms in total. The quantitative estimate of drug-likeness (QED) is 0.868. The third kappa shape index (κ3) is 3.30. The molecular weight excluding hydrogens is 252 g/mol. The largest absolute Gasteiger partial charge is 0.348 e. The van der Waals surface area contributed by atoms with Gasteiger partial charge in [-0.1, -0.05) is 19.9 Å². The lowest BCUT2D eigenvalue weighted by atomic mass is 10.0. The monoisotopic (exact) mass is 272 g/mol. The van der Waals surface area contributed by atoms with E-state index in [9.17, 15) is 4.79 Å². The smallest absolute Gasteiger partial charge is 0.253 e. The second-order valence-corrected chi connectivity index (χ2v) is 5.27. The van der Waals surface area contributed by atoms with E-state index in [4.69, 9.17) is 5.73 Å². The first-order valence-electron chi connectivity index (χ1n) is 6.82. The van der Waals surface area contributed by atoms with Crippen molar-refractivity contribution in [2.24, 2.45) is 11.7 Å². The van der Waals surface area contributed by atoms with Gasteiger partial charge in [-0.05, 0) is 24.5 Å². The van der Waals surface area contributed by atoms with Gasteiger partial charge in [0.2, 0.25) is 0 Å². The van der Waals surface area contributed by atoms with Crippen molar-refractivity contribution in [3.63, 3.8) is 0 Å². The second-order valence-electron chi connectivity index (χ2n) is 5.27. The molecule has 0 spiro atoms. The molecule has 1 amide bonds. The number of carbonyl (C=O) groups excluding carboxylic acids is 1. The van der Waals surface area contributed by atoms with Crippen molar-refractivity contribution in [2.75, 3.05) is 6.54 Å². The van der Waals surface area contributed by atoms with Gasteiger partial charge in [-0.25, -0.2) is 0 Å². The fraction of sp³-hybridized carbons (Fsp3) is 0.400. The van der Waals surface area contributed by atoms with E-state index < -0.39 is 0 Å². The van der Waals surface area contributed by atoms with Crippen LogP contribution in [0.25, 0.3) is 11.0 Å². The van der Waals surface area contributed by atoms with E-state index in [0.29, 0.717) is 29.1 Å². The number of hydrogen-bond acceptors (Lipinski definition) is 4. The maximum absolute atomic E-state index is 12.4. The van der Waals surface area contributed by atoms with Crippen LogP contribution in [0.3, 0.4) is 0 Å². The average molecular weight is 272 g/mol. The van der Waals surface area contributed by atoms with Crippen LogP contribution in [0.2, 0.25) is 0 Å². The molecule has 0 radical (unpaired) electrons. The third-order valence-corrected chi connectivity index (χ3v) is 3.12. The van der Waals surface area contributed by atoms with Crippen LogP contribution in [0.1, 0.15) is 30.6 Å². The van der Waals surface area contributed by atoms with Crippen molar-refractivity contribution in [3.05, 3.63) is 36.2 Å². The highest BCUT2D eigenvalue weighted by Gasteiger charge is 2.16. The van der Waals surface area contributed by atoms with E-state index in [0.717, 1.165) is 6.42 Å². The molecule has 2 aromatic rings. The molecule has 1 heterocycles. The van der Waals surface area contributed by atoms with E-state index >= 15 is 0 Å². The molecule has 0 aliphatic heterocycles. The predicted molar refractivity (Wildman–Crippen MR) is 79.3 cm³/mol. The lowest BCUT2D eigenvalue weighted by Gasteiger charge is -2.19. The molecular formula is C15H20N4O. The standard InChI is InChI=1S/C15H20N4O/c1-10(2)8-11(9-16)19-15(20)12-4-3-5-13-14(12)18-7-6-17-13/h3-7,10-11H,8-9,16H2,1-2H3,(H,19,20). The van der Waals surface area contributed by atoms with E-state index in [1.54, 1.807) is 18.5 Å². The van der Waals surface area contributed by atoms with Crippen molar-refractivity contribution < 1.29 is 4.79 Å². The first-order chi connectivity index (χ1) is 9.61. The molecule has 0 saturated carbocycles. The summed E-state index contributed by atoms with van der Waals surface area (Å²) in [6.45, 7) is 4.65. The number of nitrogens with one attached hydrogen (secondary N) is 1. The molecule has 0 aliphatic carbocycles. The number of benzene rings is 1. The third-order valence-electron chi connectivity index (χ3n) is 3.12. The highest BCUT2D eigenvalue weighted by Crippen LogP contribution is 2.14. The van der Waals surface area contributed by atoms with Crippen LogP contribution in [0.15, 0.2) is 30.6 Å². The van der Waals surface area contributed by atoms with Gasteiger partial charge in [0.05, 0.1) is 11.1 Å². The van der Waals surface area contributed by atoms with Gasteiger partial charge in [0.25, 0.3) is 5.91 Å². The first-order valence-corrected chi connectivity index (χ1v) is 6.82. The van der Waals surface area contributed by atoms with Gasteiger partial charge in [0.15, 0.2) is 0 Å². The number of hydrogen-bond donors (Lipinski definition) is 2. The first kappa shape index (κ1) is 14.4. The fourth-order valence-electron chi connectivity index (χ4n) is 2.22. The van der Waals surface area contributed by atoms with Crippen LogP contribution in [0, 0.1) is 5.92 Å². The van der Waals surface area contributed by atoms with Crippen molar-refractivity contribution in [2.45, 2.75) is 26.3 Å². The summed E-state index contributed by atoms with van der Waals surface area (Å²) in [5, 5.41) is 2.97. The van der Waals surface area contributed by atoms with Crippen LogP contribution in [-0.4, -0.2) is 28.5 Å². The van der Waals surface area contributed by atoms with Crippen LogP contribution in [0.5, 0.6) is 0 Å². The Morgan fingerprint density at radius 2 is 2.05 bits per heavy atom. The molecule has 0 bridgehead atoms. The fourth-order valence-corrected chi connectivity index (χ4v) is 2.22. The SMILES string of the molecule is CC(C)CC(CN)NC(=O)c1cccc2nccnc12. The maximum atomic E-state index is 12.4. The molecule has 0 fully saturated rings. The molecule has 5 heteroatoms. The second kappa shape index (κ2) is 6.43. The Balaban J connectivity index is 2.23. The van der Waals surface area contributed by atoms with Crippen molar-refractivity contribution in [3.8, 4) is 0 Å². The summed E-state index contributed by atoms with van der Waals surface area (Å²) in [4.78, 5) is 20.8. The number of nitrogens with two attached hydrogens (primary N) is 1. The van der Waals surface area contributed by atoms with Gasteiger partial charge in [0, 0.05) is 25.0 Å². The number of amides is 1. The zero-order chi connectivity index (χ0) is 14.5. The van der Waals surface area contributed by atoms with E-state index in [1.165, 1.54) is 0 Å². The zero-order valence-corrected chi connectivity index (χ0v) is 11.8. The summed E-state index contributed by atoms with van der Waals surface area (Å²) < 4.78 is 0. The van der Waals surface area contributed by atoms with Gasteiger partial charge >= 0.3 is 0 Å². The summed E-state index contributed by atoms with van der Waals surface area (Å²) in [5.74, 6) is 0.336. The maximum Gasteiger partial charge on any atom is 0.253 e. The Morgan fingerprint density at radius 3 is 2.75 bits per heavy atom. The molecule has 106 valence electrons. The van der Waals surface area contributed by atoms with Crippen LogP contribution in [-0.2, 0) is 0 Å². The van der Waals surface area contributed by atoms with Crippen molar-refractivity contribution >= 4 is 16.9 Å². The number of nitrogens with zero attached hydrogens (tertiary/aromatic N) is 2. The van der Waals surface area contributed by atoms with E-state index in [1.807, 2.05) is 12.1 Å². The van der Waals surface area contributed by atoms with Crippen molar-refractivity contribution in [1.29, 1.82) is 0 Å². The average Bonchev–Trinajstić information content (AvgIpc) is 2.45. The Kier molecular flexibility index (Phi) is 4.63. The molecule has 1 unspecified atom stereocenters. The molecule has 1 aromatic carbocycles. The van der Waals surface area contributed by atoms with Crippen molar-refractivity contribution in [1.82, 2.24) is 15.3 Å². The normalized spacial score (nSPS) is 12.6. The Bertz CT molecular complexity index is 592. The van der Waals surface area contributed by atoms with Gasteiger partial charge < -0.3 is 11.1 Å². The van der Waals surface area contributed by atoms with Crippen LogP contribution in [0.4, 0.5) is 0 Å². The lowest BCUT2D eigenvalue weighted by molar-refractivity contribution is 0.0935. The van der Waals surface area contributed by atoms with E-state index in [2.05, 4.69) is 29.1 Å². The molecule has 0 saturated heterocycles. The molecule has 3 N–H and O–H groups in total. The molecule has 20 heavy (non-hydrogen) atoms. The summed E-state index contributed by atoms with van der Waals surface area (Å²) >= 11 is 0. The van der Waals surface area contributed by atoms with Gasteiger partial charge in [0.1, 0.15) is 5.52 Å². The Morgan fingerprint density at radius 1 is 1.30 bits per heavy atom. The molecule has 0 aliphatic rings. The number of aromatic nitrogens is 2. The minimum atomic E-state index is -0.146. The van der Waals surface area contributed by atoms with Crippen LogP contribution >= 0.6 is 0 Å². The lowest BCUT2D eigenvalue weighted by Crippen LogP contribution is -2.41. The highest BCUT2D eigenvalue weighted by atomic mass is 16.1. The number of rotatable bonds is 5. The van der Waals surface area contributed by atoms with Crippen LogP contribution < -0.4 is 11.1 Å². The topological polar surface area (TPSA) is 80.9 Å². The zero-order valence-electron chi connectivity index (χ0n) is 11.8. The summed E-state index contributed by atoms with van der Waals surface area (Å²) in [7, 11) is 0. The highest BCUT2D eigenvalue weighted by molar-refractivity contribution is 6.04. The minimum Gasteiger partial charge on any atom is -0.348 e. The van der Waals surface area contributed by atoms with E-state index in [-0.39, 0.29) is 11.9 Å². The van der Waals surface area contributed by atoms with Gasteiger partial charge in [-0.3, -0.25) is 14.8 Å². The summed E-state index contributed by atoms with van der Waals surface area (Å²) in [5.41, 5.74) is 7.59. The predicted octanol–water partition coefficient (Wildman–Crippen LogP) is 1.73. The van der Waals surface area contributed by atoms with Gasteiger partial charge in [-0.15, -0.1) is 0 Å².